The van der Waals surface area contributed by atoms with Crippen LogP contribution in [-0.4, -0.2) is 40.5 Å². The first-order chi connectivity index (χ1) is 20.7. The Morgan fingerprint density at radius 3 is 2.63 bits per heavy atom. The number of rotatable bonds is 7. The van der Waals surface area contributed by atoms with Gasteiger partial charge in [-0.15, -0.1) is 0 Å². The van der Waals surface area contributed by atoms with Gasteiger partial charge in [-0.1, -0.05) is 59.9 Å². The number of hydrogen-bond acceptors (Lipinski definition) is 7. The molecule has 0 spiro atoms. The average molecular weight is 605 g/mol. The highest BCUT2D eigenvalue weighted by molar-refractivity contribution is 7.22. The smallest absolute Gasteiger partial charge is 0.416 e. The van der Waals surface area contributed by atoms with Gasteiger partial charge in [-0.05, 0) is 46.5 Å². The summed E-state index contributed by atoms with van der Waals surface area (Å²) in [6.45, 7) is 3.87. The maximum Gasteiger partial charge on any atom is 0.416 e. The van der Waals surface area contributed by atoms with Crippen LogP contribution in [0.5, 0.6) is 11.6 Å². The number of anilines is 1. The molecular weight excluding hydrogens is 577 g/mol. The lowest BCUT2D eigenvalue weighted by atomic mass is 9.99. The van der Waals surface area contributed by atoms with E-state index in [4.69, 9.17) is 9.47 Å². The largest absolute Gasteiger partial charge is 0.437 e. The van der Waals surface area contributed by atoms with Crippen molar-refractivity contribution in [2.24, 2.45) is 0 Å². The van der Waals surface area contributed by atoms with Gasteiger partial charge in [-0.2, -0.15) is 13.2 Å². The van der Waals surface area contributed by atoms with E-state index in [0.717, 1.165) is 28.0 Å². The van der Waals surface area contributed by atoms with Gasteiger partial charge >= 0.3 is 6.18 Å². The lowest BCUT2D eigenvalue weighted by Gasteiger charge is -2.33. The molecular formula is C32H27F3N4O3S. The number of alkyl halides is 3. The van der Waals surface area contributed by atoms with Crippen LogP contribution in [0.4, 0.5) is 18.3 Å². The summed E-state index contributed by atoms with van der Waals surface area (Å²) in [4.78, 5) is 22.8. The Labute approximate surface area is 249 Å². The summed E-state index contributed by atoms with van der Waals surface area (Å²) in [5.74, 6) is 0.488. The quantitative estimate of drug-likeness (QED) is 0.205. The van der Waals surface area contributed by atoms with Crippen LogP contribution in [0, 0.1) is 0 Å². The molecule has 1 amide bonds. The first-order valence-electron chi connectivity index (χ1n) is 13.6. The van der Waals surface area contributed by atoms with Crippen molar-refractivity contribution in [1.29, 1.82) is 0 Å². The number of nitrogens with one attached hydrogen (secondary N) is 1. The molecule has 11 heteroatoms. The number of amides is 1. The number of pyridine rings is 1. The van der Waals surface area contributed by atoms with Crippen molar-refractivity contribution in [2.75, 3.05) is 25.0 Å². The second-order valence-electron chi connectivity index (χ2n) is 10.2. The Bertz CT molecular complexity index is 1740. The number of carbonyl (C=O) groups excluding carboxylic acids is 1. The minimum Gasteiger partial charge on any atom is -0.437 e. The van der Waals surface area contributed by atoms with E-state index >= 15 is 0 Å². The Kier molecular flexibility index (Phi) is 8.11. The van der Waals surface area contributed by atoms with Gasteiger partial charge < -0.3 is 14.8 Å². The average Bonchev–Trinajstić information content (AvgIpc) is 3.41. The van der Waals surface area contributed by atoms with E-state index in [9.17, 15) is 18.0 Å². The van der Waals surface area contributed by atoms with Gasteiger partial charge in [0.1, 0.15) is 5.52 Å². The molecule has 6 rings (SSSR count). The first-order valence-corrected chi connectivity index (χ1v) is 14.4. The van der Waals surface area contributed by atoms with Gasteiger partial charge in [0.2, 0.25) is 11.8 Å². The summed E-state index contributed by atoms with van der Waals surface area (Å²) in [7, 11) is 0. The number of fused-ring (bicyclic) bond motifs is 1. The minimum atomic E-state index is -4.43. The SMILES string of the molecule is CC(=O)Nc1nc2c(Oc3cc(-c4ccc(C(F)(F)F)cc4)c(CN4CCOC(c5ccccc5)C4)cn3)cccc2s1. The maximum absolute atomic E-state index is 13.3. The monoisotopic (exact) mass is 604 g/mol. The number of benzene rings is 3. The molecule has 3 heterocycles. The van der Waals surface area contributed by atoms with E-state index in [1.54, 1.807) is 18.3 Å². The van der Waals surface area contributed by atoms with Crippen molar-refractivity contribution in [1.82, 2.24) is 14.9 Å². The fourth-order valence-corrected chi connectivity index (χ4v) is 5.96. The van der Waals surface area contributed by atoms with Gasteiger partial charge in [0, 0.05) is 38.8 Å². The normalized spacial score (nSPS) is 15.9. The summed E-state index contributed by atoms with van der Waals surface area (Å²) in [6, 6.07) is 22.3. The number of morpholine rings is 1. The number of carbonyl (C=O) groups is 1. The molecule has 3 aromatic carbocycles. The van der Waals surface area contributed by atoms with Crippen molar-refractivity contribution < 1.29 is 27.4 Å². The predicted molar refractivity (Wildman–Crippen MR) is 159 cm³/mol. The van der Waals surface area contributed by atoms with E-state index in [-0.39, 0.29) is 17.9 Å². The topological polar surface area (TPSA) is 76.6 Å². The molecule has 1 aliphatic heterocycles. The third kappa shape index (κ3) is 6.69. The van der Waals surface area contributed by atoms with Gasteiger partial charge in [-0.3, -0.25) is 9.69 Å². The number of thiazole rings is 1. The lowest BCUT2D eigenvalue weighted by molar-refractivity contribution is -0.137. The Hall–Kier alpha value is -4.32. The molecule has 2 aromatic heterocycles. The van der Waals surface area contributed by atoms with E-state index in [2.05, 4.69) is 20.2 Å². The number of aromatic nitrogens is 2. The lowest BCUT2D eigenvalue weighted by Crippen LogP contribution is -2.37. The van der Waals surface area contributed by atoms with Crippen LogP contribution < -0.4 is 10.1 Å². The highest BCUT2D eigenvalue weighted by Gasteiger charge is 2.30. The second-order valence-corrected chi connectivity index (χ2v) is 11.2. The van der Waals surface area contributed by atoms with Gasteiger partial charge in [-0.25, -0.2) is 9.97 Å². The minimum absolute atomic E-state index is 0.0824. The van der Waals surface area contributed by atoms with Crippen molar-refractivity contribution in [3.8, 4) is 22.8 Å². The zero-order valence-corrected chi connectivity index (χ0v) is 23.9. The molecule has 1 unspecified atom stereocenters. The summed E-state index contributed by atoms with van der Waals surface area (Å²) >= 11 is 1.32. The molecule has 220 valence electrons. The standard InChI is InChI=1S/C32H27F3N4O3S/c1-20(40)37-31-38-30-26(8-5-9-28(30)43-31)42-29-16-25(21-10-12-24(13-11-21)32(33,34)35)23(17-36-29)18-39-14-15-41-27(19-39)22-6-3-2-4-7-22/h2-13,16-17,27H,14-15,18-19H2,1H3,(H,37,38,40). The Morgan fingerprint density at radius 1 is 1.09 bits per heavy atom. The molecule has 1 atom stereocenters. The number of para-hydroxylation sites is 1. The molecule has 5 aromatic rings. The molecule has 1 saturated heterocycles. The highest BCUT2D eigenvalue weighted by atomic mass is 32.1. The van der Waals surface area contributed by atoms with Crippen molar-refractivity contribution in [3.63, 3.8) is 0 Å². The molecule has 0 radical (unpaired) electrons. The van der Waals surface area contributed by atoms with Crippen molar-refractivity contribution in [2.45, 2.75) is 25.7 Å². The van der Waals surface area contributed by atoms with E-state index < -0.39 is 11.7 Å². The van der Waals surface area contributed by atoms with Gasteiger partial charge in [0.25, 0.3) is 0 Å². The van der Waals surface area contributed by atoms with Crippen LogP contribution in [-0.2, 0) is 22.3 Å². The zero-order valence-electron chi connectivity index (χ0n) is 23.1. The van der Waals surface area contributed by atoms with E-state index in [1.165, 1.54) is 30.4 Å². The summed E-state index contributed by atoms with van der Waals surface area (Å²) < 4.78 is 53.0. The summed E-state index contributed by atoms with van der Waals surface area (Å²) in [5, 5.41) is 3.14. The van der Waals surface area contributed by atoms with Gasteiger partial charge in [0.05, 0.1) is 23.0 Å². The number of halogens is 3. The molecule has 0 saturated carbocycles. The second kappa shape index (κ2) is 12.1. The maximum atomic E-state index is 13.3. The Balaban J connectivity index is 1.32. The van der Waals surface area contributed by atoms with Crippen LogP contribution in [0.2, 0.25) is 0 Å². The first kappa shape index (κ1) is 28.8. The Morgan fingerprint density at radius 2 is 1.88 bits per heavy atom. The fourth-order valence-electron chi connectivity index (χ4n) is 5.03. The molecule has 1 aliphatic rings. The highest BCUT2D eigenvalue weighted by Crippen LogP contribution is 2.37. The molecule has 0 bridgehead atoms. The van der Waals surface area contributed by atoms with Crippen LogP contribution in [0.3, 0.4) is 0 Å². The molecule has 1 fully saturated rings. The number of ether oxygens (including phenoxy) is 2. The van der Waals surface area contributed by atoms with Gasteiger partial charge in [0.15, 0.2) is 10.9 Å². The van der Waals surface area contributed by atoms with E-state index in [0.29, 0.717) is 53.8 Å². The van der Waals surface area contributed by atoms with Crippen LogP contribution in [0.25, 0.3) is 21.3 Å². The van der Waals surface area contributed by atoms with Crippen LogP contribution in [0.15, 0.2) is 85.1 Å². The number of nitrogens with zero attached hydrogens (tertiary/aromatic N) is 3. The molecule has 43 heavy (non-hydrogen) atoms. The molecule has 7 nitrogen and oxygen atoms in total. The third-order valence-electron chi connectivity index (χ3n) is 7.08. The van der Waals surface area contributed by atoms with Crippen molar-refractivity contribution in [3.05, 3.63) is 102 Å². The summed E-state index contributed by atoms with van der Waals surface area (Å²) in [6.07, 6.45) is -2.81. The third-order valence-corrected chi connectivity index (χ3v) is 8.02. The van der Waals surface area contributed by atoms with E-state index in [1.807, 2.05) is 42.5 Å². The van der Waals surface area contributed by atoms with Crippen LogP contribution in [0.1, 0.15) is 29.7 Å². The number of hydrogen-bond donors (Lipinski definition) is 1. The zero-order chi connectivity index (χ0) is 30.0. The van der Waals surface area contributed by atoms with Crippen LogP contribution >= 0.6 is 11.3 Å². The summed E-state index contributed by atoms with van der Waals surface area (Å²) in [5.41, 5.74) is 3.12. The van der Waals surface area contributed by atoms with Crippen molar-refractivity contribution >= 4 is 32.6 Å². The fraction of sp³-hybridized carbons (Fsp3) is 0.219. The molecule has 0 aliphatic carbocycles. The predicted octanol–water partition coefficient (Wildman–Crippen LogP) is 7.70. The molecule has 1 N–H and O–H groups in total.